The lowest BCUT2D eigenvalue weighted by Crippen LogP contribution is -2.54. The molecule has 1 aliphatic heterocycles. The van der Waals surface area contributed by atoms with Crippen molar-refractivity contribution >= 4 is 35.6 Å². The quantitative estimate of drug-likeness (QED) is 0.131. The number of barbiturate groups is 1. The molecule has 1 saturated heterocycles. The Bertz CT molecular complexity index is 1750. The number of nitrogens with one attached hydrogen (secondary N) is 1. The summed E-state index contributed by atoms with van der Waals surface area (Å²) in [6.07, 6.45) is 1.38. The van der Waals surface area contributed by atoms with Crippen molar-refractivity contribution in [2.24, 2.45) is 0 Å². The number of para-hydroxylation sites is 1. The second-order valence-corrected chi connectivity index (χ2v) is 9.81. The summed E-state index contributed by atoms with van der Waals surface area (Å²) < 4.78 is 22.6. The molecule has 1 heterocycles. The minimum atomic E-state index is -0.904. The molecule has 0 radical (unpaired) electrons. The topological polar surface area (TPSA) is 120 Å². The van der Waals surface area contributed by atoms with Crippen LogP contribution in [0.3, 0.4) is 0 Å². The lowest BCUT2D eigenvalue weighted by molar-refractivity contribution is -0.122. The monoisotopic (exact) mass is 606 g/mol. The molecule has 0 saturated carbocycles. The molecule has 1 N–H and O–H groups in total. The molecule has 1 aliphatic rings. The number of carbonyl (C=O) groups is 4. The van der Waals surface area contributed by atoms with Crippen molar-refractivity contribution in [2.45, 2.75) is 20.1 Å². The average molecular weight is 607 g/mol. The van der Waals surface area contributed by atoms with Crippen LogP contribution in [0.15, 0.2) is 103 Å². The number of hydrogen-bond donors (Lipinski definition) is 1. The molecule has 4 aromatic carbocycles. The summed E-state index contributed by atoms with van der Waals surface area (Å²) >= 11 is 0. The van der Waals surface area contributed by atoms with E-state index in [2.05, 4.69) is 5.32 Å². The van der Waals surface area contributed by atoms with Crippen molar-refractivity contribution in [1.29, 1.82) is 0 Å². The highest BCUT2D eigenvalue weighted by molar-refractivity contribution is 6.39. The summed E-state index contributed by atoms with van der Waals surface area (Å²) in [7, 11) is 1.25. The third-order valence-electron chi connectivity index (χ3n) is 6.81. The Kier molecular flexibility index (Phi) is 9.54. The Balaban J connectivity index is 1.33. The number of imide groups is 2. The van der Waals surface area contributed by atoms with Gasteiger partial charge in [0.05, 0.1) is 25.0 Å². The van der Waals surface area contributed by atoms with Gasteiger partial charge in [-0.05, 0) is 66.6 Å². The van der Waals surface area contributed by atoms with Crippen LogP contribution in [0.4, 0.5) is 10.5 Å². The standard InChI is InChI=1S/C35H30N2O8/c1-3-43-31-19-24(13-18-30(31)45-21-23-9-5-4-6-10-23)22-44-29-12-8-7-11-26(29)20-28-32(38)36-35(41)37(33(28)39)27-16-14-25(15-17-27)34(40)42-2/h4-20H,3,21-22H2,1-2H3,(H,36,38,41)/b28-20-. The highest BCUT2D eigenvalue weighted by Crippen LogP contribution is 2.31. The molecule has 5 rings (SSSR count). The van der Waals surface area contributed by atoms with Gasteiger partial charge in [-0.15, -0.1) is 0 Å². The van der Waals surface area contributed by atoms with Crippen molar-refractivity contribution in [2.75, 3.05) is 18.6 Å². The summed E-state index contributed by atoms with van der Waals surface area (Å²) in [4.78, 5) is 51.4. The van der Waals surface area contributed by atoms with Gasteiger partial charge < -0.3 is 18.9 Å². The summed E-state index contributed by atoms with van der Waals surface area (Å²) in [5.74, 6) is -0.621. The Morgan fingerprint density at radius 1 is 0.756 bits per heavy atom. The lowest BCUT2D eigenvalue weighted by Gasteiger charge is -2.26. The van der Waals surface area contributed by atoms with Crippen LogP contribution in [-0.2, 0) is 27.5 Å². The first kappa shape index (κ1) is 30.6. The molecule has 0 aliphatic carbocycles. The van der Waals surface area contributed by atoms with E-state index in [0.717, 1.165) is 16.0 Å². The highest BCUT2D eigenvalue weighted by Gasteiger charge is 2.37. The SMILES string of the molecule is CCOc1cc(COc2ccccc2/C=C2/C(=O)NC(=O)N(c3ccc(C(=O)OC)cc3)C2=O)ccc1OCc1ccccc1. The zero-order valence-corrected chi connectivity index (χ0v) is 24.6. The predicted octanol–water partition coefficient (Wildman–Crippen LogP) is 5.70. The van der Waals surface area contributed by atoms with E-state index in [4.69, 9.17) is 18.9 Å². The number of ether oxygens (including phenoxy) is 4. The van der Waals surface area contributed by atoms with Crippen LogP contribution in [0, 0.1) is 0 Å². The zero-order valence-electron chi connectivity index (χ0n) is 24.6. The van der Waals surface area contributed by atoms with E-state index in [1.54, 1.807) is 24.3 Å². The van der Waals surface area contributed by atoms with Gasteiger partial charge in [0.1, 0.15) is 24.5 Å². The second kappa shape index (κ2) is 14.0. The Morgan fingerprint density at radius 2 is 1.44 bits per heavy atom. The number of nitrogens with zero attached hydrogens (tertiary/aromatic N) is 1. The fraction of sp³-hybridized carbons (Fsp3) is 0.143. The van der Waals surface area contributed by atoms with Gasteiger partial charge in [0.2, 0.25) is 0 Å². The molecular weight excluding hydrogens is 576 g/mol. The number of anilines is 1. The molecule has 45 heavy (non-hydrogen) atoms. The number of hydrogen-bond acceptors (Lipinski definition) is 8. The normalized spacial score (nSPS) is 13.8. The summed E-state index contributed by atoms with van der Waals surface area (Å²) in [6, 6.07) is 27.1. The second-order valence-electron chi connectivity index (χ2n) is 9.81. The van der Waals surface area contributed by atoms with Gasteiger partial charge in [0.25, 0.3) is 11.8 Å². The van der Waals surface area contributed by atoms with Crippen molar-refractivity contribution in [3.05, 3.63) is 125 Å². The third-order valence-corrected chi connectivity index (χ3v) is 6.81. The van der Waals surface area contributed by atoms with Gasteiger partial charge >= 0.3 is 12.0 Å². The van der Waals surface area contributed by atoms with Crippen molar-refractivity contribution in [3.63, 3.8) is 0 Å². The molecule has 0 atom stereocenters. The third kappa shape index (κ3) is 7.19. The fourth-order valence-electron chi connectivity index (χ4n) is 4.57. The maximum atomic E-state index is 13.4. The van der Waals surface area contributed by atoms with Gasteiger partial charge in [-0.3, -0.25) is 14.9 Å². The first-order chi connectivity index (χ1) is 21.9. The van der Waals surface area contributed by atoms with Gasteiger partial charge in [-0.1, -0.05) is 54.6 Å². The number of esters is 1. The first-order valence-corrected chi connectivity index (χ1v) is 14.1. The van der Waals surface area contributed by atoms with Crippen molar-refractivity contribution in [1.82, 2.24) is 5.32 Å². The Hall–Kier alpha value is -5.90. The van der Waals surface area contributed by atoms with Crippen molar-refractivity contribution in [3.8, 4) is 17.2 Å². The number of rotatable bonds is 11. The molecule has 10 nitrogen and oxygen atoms in total. The van der Waals surface area contributed by atoms with Gasteiger partial charge in [0, 0.05) is 5.56 Å². The molecule has 4 aromatic rings. The van der Waals surface area contributed by atoms with Crippen LogP contribution in [0.1, 0.15) is 34.0 Å². The molecule has 0 unspecified atom stereocenters. The molecule has 228 valence electrons. The van der Waals surface area contributed by atoms with E-state index in [1.165, 1.54) is 37.5 Å². The van der Waals surface area contributed by atoms with Gasteiger partial charge in [-0.25, -0.2) is 14.5 Å². The number of amides is 4. The molecular formula is C35H30N2O8. The first-order valence-electron chi connectivity index (χ1n) is 14.1. The number of benzene rings is 4. The van der Waals surface area contributed by atoms with E-state index >= 15 is 0 Å². The van der Waals surface area contributed by atoms with Crippen LogP contribution in [0.5, 0.6) is 17.2 Å². The van der Waals surface area contributed by atoms with Crippen LogP contribution in [0.2, 0.25) is 0 Å². The van der Waals surface area contributed by atoms with Crippen LogP contribution in [0.25, 0.3) is 6.08 Å². The van der Waals surface area contributed by atoms with Gasteiger partial charge in [-0.2, -0.15) is 0 Å². The summed E-state index contributed by atoms with van der Waals surface area (Å²) in [6.45, 7) is 2.90. The maximum absolute atomic E-state index is 13.4. The van der Waals surface area contributed by atoms with E-state index < -0.39 is 23.8 Å². The van der Waals surface area contributed by atoms with Crippen LogP contribution < -0.4 is 24.4 Å². The highest BCUT2D eigenvalue weighted by atomic mass is 16.5. The summed E-state index contributed by atoms with van der Waals surface area (Å²) in [5.41, 5.74) is 2.46. The smallest absolute Gasteiger partial charge is 0.337 e. The molecule has 0 aromatic heterocycles. The van der Waals surface area contributed by atoms with Crippen LogP contribution >= 0.6 is 0 Å². The maximum Gasteiger partial charge on any atom is 0.337 e. The molecule has 1 fully saturated rings. The van der Waals surface area contributed by atoms with Crippen LogP contribution in [-0.4, -0.2) is 37.5 Å². The molecule has 0 bridgehead atoms. The number of methoxy groups -OCH3 is 1. The van der Waals surface area contributed by atoms with E-state index in [1.807, 2.05) is 55.5 Å². The lowest BCUT2D eigenvalue weighted by atomic mass is 10.1. The fourth-order valence-corrected chi connectivity index (χ4v) is 4.57. The number of carbonyl (C=O) groups excluding carboxylic acids is 4. The minimum absolute atomic E-state index is 0.163. The molecule has 0 spiro atoms. The number of urea groups is 1. The largest absolute Gasteiger partial charge is 0.490 e. The Morgan fingerprint density at radius 3 is 2.18 bits per heavy atom. The zero-order chi connectivity index (χ0) is 31.8. The molecule has 4 amide bonds. The molecule has 10 heteroatoms. The average Bonchev–Trinajstić information content (AvgIpc) is 3.06. The minimum Gasteiger partial charge on any atom is -0.490 e. The summed E-state index contributed by atoms with van der Waals surface area (Å²) in [5, 5.41) is 2.20. The van der Waals surface area contributed by atoms with Crippen molar-refractivity contribution < 1.29 is 38.1 Å². The van der Waals surface area contributed by atoms with E-state index in [0.29, 0.717) is 36.0 Å². The Labute approximate surface area is 259 Å². The predicted molar refractivity (Wildman–Crippen MR) is 166 cm³/mol. The van der Waals surface area contributed by atoms with Gasteiger partial charge in [0.15, 0.2) is 11.5 Å². The van der Waals surface area contributed by atoms with E-state index in [-0.39, 0.29) is 23.4 Å². The van der Waals surface area contributed by atoms with E-state index in [9.17, 15) is 19.2 Å².